The molecule has 1 aromatic carbocycles. The summed E-state index contributed by atoms with van der Waals surface area (Å²) in [6.45, 7) is 3.47. The molecule has 0 spiro atoms. The number of hydrogen-bond acceptors (Lipinski definition) is 5. The molecule has 3 aromatic rings. The average molecular weight is 435 g/mol. The summed E-state index contributed by atoms with van der Waals surface area (Å²) in [4.78, 5) is 37.5. The van der Waals surface area contributed by atoms with E-state index in [1.54, 1.807) is 22.4 Å². The van der Waals surface area contributed by atoms with Crippen LogP contribution in [0.2, 0.25) is 0 Å². The van der Waals surface area contributed by atoms with E-state index in [4.69, 9.17) is 0 Å². The Labute approximate surface area is 186 Å². The monoisotopic (exact) mass is 434 g/mol. The molecule has 7 heteroatoms. The predicted octanol–water partition coefficient (Wildman–Crippen LogP) is 3.81. The van der Waals surface area contributed by atoms with E-state index in [9.17, 15) is 9.59 Å². The van der Waals surface area contributed by atoms with Crippen LogP contribution in [0.1, 0.15) is 35.8 Å². The Kier molecular flexibility index (Phi) is 6.42. The molecule has 0 saturated carbocycles. The second-order valence-corrected chi connectivity index (χ2v) is 8.82. The van der Waals surface area contributed by atoms with Crippen LogP contribution in [0.4, 0.5) is 0 Å². The summed E-state index contributed by atoms with van der Waals surface area (Å²) in [5, 5.41) is 5.09. The molecule has 2 amide bonds. The Morgan fingerprint density at radius 1 is 1.19 bits per heavy atom. The van der Waals surface area contributed by atoms with Crippen molar-refractivity contribution in [2.75, 3.05) is 19.6 Å². The number of aromatic nitrogens is 2. The Balaban J connectivity index is 1.67. The minimum absolute atomic E-state index is 0.00706. The highest BCUT2D eigenvalue weighted by molar-refractivity contribution is 7.13. The number of rotatable bonds is 6. The van der Waals surface area contributed by atoms with Crippen LogP contribution in [-0.4, -0.2) is 46.3 Å². The fourth-order valence-electron chi connectivity index (χ4n) is 4.35. The van der Waals surface area contributed by atoms with Crippen molar-refractivity contribution in [2.45, 2.75) is 26.2 Å². The lowest BCUT2D eigenvalue weighted by molar-refractivity contribution is -0.133. The van der Waals surface area contributed by atoms with Gasteiger partial charge in [-0.1, -0.05) is 30.3 Å². The van der Waals surface area contributed by atoms with Gasteiger partial charge in [-0.3, -0.25) is 14.6 Å². The van der Waals surface area contributed by atoms with Crippen LogP contribution < -0.4 is 5.32 Å². The van der Waals surface area contributed by atoms with Crippen molar-refractivity contribution in [3.63, 3.8) is 0 Å². The molecule has 0 radical (unpaired) electrons. The fraction of sp³-hybridized carbons (Fsp3) is 0.333. The smallest absolute Gasteiger partial charge is 0.274 e. The highest BCUT2D eigenvalue weighted by Crippen LogP contribution is 2.38. The summed E-state index contributed by atoms with van der Waals surface area (Å²) in [5.41, 5.74) is 1.91. The molecule has 1 aliphatic heterocycles. The van der Waals surface area contributed by atoms with Gasteiger partial charge in [0.25, 0.3) is 5.91 Å². The van der Waals surface area contributed by atoms with E-state index in [2.05, 4.69) is 38.9 Å². The number of carbonyl (C=O) groups is 2. The van der Waals surface area contributed by atoms with Crippen molar-refractivity contribution in [3.05, 3.63) is 71.6 Å². The number of carbonyl (C=O) groups excluding carboxylic acids is 2. The van der Waals surface area contributed by atoms with Gasteiger partial charge in [0.1, 0.15) is 5.69 Å². The molecule has 1 unspecified atom stereocenters. The second-order valence-electron chi connectivity index (χ2n) is 7.87. The number of nitrogens with zero attached hydrogens (tertiary/aromatic N) is 3. The molecule has 1 fully saturated rings. The van der Waals surface area contributed by atoms with Gasteiger partial charge in [0.2, 0.25) is 5.91 Å². The number of piperidine rings is 1. The largest absolute Gasteiger partial charge is 0.356 e. The topological polar surface area (TPSA) is 75.2 Å². The van der Waals surface area contributed by atoms with E-state index in [0.717, 1.165) is 24.0 Å². The first-order valence-electron chi connectivity index (χ1n) is 10.6. The maximum Gasteiger partial charge on any atom is 0.274 e. The van der Waals surface area contributed by atoms with Crippen LogP contribution in [0.15, 0.2) is 60.4 Å². The van der Waals surface area contributed by atoms with E-state index >= 15 is 0 Å². The van der Waals surface area contributed by atoms with Crippen LogP contribution in [0.5, 0.6) is 0 Å². The summed E-state index contributed by atoms with van der Waals surface area (Å²) in [6, 6.07) is 12.4. The molecule has 31 heavy (non-hydrogen) atoms. The Hall–Kier alpha value is -3.06. The van der Waals surface area contributed by atoms with Gasteiger partial charge in [0, 0.05) is 36.9 Å². The molecule has 3 heterocycles. The summed E-state index contributed by atoms with van der Waals surface area (Å²) in [5.74, 6) is -0.166. The standard InChI is InChI=1S/C24H26N4O2S/c1-2-26-23(30)24(15-18-7-3-4-8-19(18)21-9-5-14-31-21)10-6-13-28(17-24)22(29)20-16-25-11-12-27-20/h3-5,7-9,11-12,14,16H,2,6,10,13,15,17H2,1H3,(H,26,30). The van der Waals surface area contributed by atoms with Crippen molar-refractivity contribution < 1.29 is 9.59 Å². The van der Waals surface area contributed by atoms with Gasteiger partial charge < -0.3 is 10.2 Å². The molecule has 0 aliphatic carbocycles. The molecule has 6 nitrogen and oxygen atoms in total. The van der Waals surface area contributed by atoms with Crippen LogP contribution >= 0.6 is 11.3 Å². The molecule has 160 valence electrons. The number of hydrogen-bond donors (Lipinski definition) is 1. The summed E-state index contributed by atoms with van der Waals surface area (Å²) >= 11 is 1.69. The fourth-order valence-corrected chi connectivity index (χ4v) is 5.13. The van der Waals surface area contributed by atoms with E-state index in [-0.39, 0.29) is 11.8 Å². The molecule has 0 bridgehead atoms. The summed E-state index contributed by atoms with van der Waals surface area (Å²) in [6.07, 6.45) is 6.64. The van der Waals surface area contributed by atoms with Crippen molar-refractivity contribution in [3.8, 4) is 10.4 Å². The number of likely N-dealkylation sites (tertiary alicyclic amines) is 1. The van der Waals surface area contributed by atoms with Gasteiger partial charge in [-0.25, -0.2) is 4.98 Å². The quantitative estimate of drug-likeness (QED) is 0.640. The maximum atomic E-state index is 13.4. The summed E-state index contributed by atoms with van der Waals surface area (Å²) in [7, 11) is 0. The van der Waals surface area contributed by atoms with Crippen LogP contribution in [0.3, 0.4) is 0 Å². The summed E-state index contributed by atoms with van der Waals surface area (Å²) < 4.78 is 0. The van der Waals surface area contributed by atoms with E-state index in [0.29, 0.717) is 31.7 Å². The molecule has 1 atom stereocenters. The van der Waals surface area contributed by atoms with Gasteiger partial charge in [-0.15, -0.1) is 11.3 Å². The molecule has 4 rings (SSSR count). The van der Waals surface area contributed by atoms with E-state index in [1.807, 2.05) is 25.1 Å². The third kappa shape index (κ3) is 4.51. The van der Waals surface area contributed by atoms with Crippen LogP contribution in [0.25, 0.3) is 10.4 Å². The first-order chi connectivity index (χ1) is 15.1. The molecule has 2 aromatic heterocycles. The Bertz CT molecular complexity index is 1040. The molecular formula is C24H26N4O2S. The predicted molar refractivity (Wildman–Crippen MR) is 122 cm³/mol. The molecule has 1 aliphatic rings. The molecular weight excluding hydrogens is 408 g/mol. The minimum atomic E-state index is -0.681. The number of benzene rings is 1. The van der Waals surface area contributed by atoms with Gasteiger partial charge in [0.05, 0.1) is 11.6 Å². The molecule has 1 N–H and O–H groups in total. The van der Waals surface area contributed by atoms with Gasteiger partial charge in [-0.05, 0) is 48.8 Å². The van der Waals surface area contributed by atoms with Crippen molar-refractivity contribution in [1.29, 1.82) is 0 Å². The van der Waals surface area contributed by atoms with E-state index in [1.165, 1.54) is 17.3 Å². The highest BCUT2D eigenvalue weighted by Gasteiger charge is 2.44. The third-order valence-electron chi connectivity index (χ3n) is 5.80. The zero-order valence-corrected chi connectivity index (χ0v) is 18.4. The van der Waals surface area contributed by atoms with Gasteiger partial charge in [-0.2, -0.15) is 0 Å². The zero-order chi connectivity index (χ0) is 21.7. The second kappa shape index (κ2) is 9.39. The van der Waals surface area contributed by atoms with Crippen molar-refractivity contribution in [2.24, 2.45) is 5.41 Å². The lowest BCUT2D eigenvalue weighted by atomic mass is 9.73. The minimum Gasteiger partial charge on any atom is -0.356 e. The average Bonchev–Trinajstić information content (AvgIpc) is 3.35. The first kappa shape index (κ1) is 21.2. The normalized spacial score (nSPS) is 18.5. The SMILES string of the molecule is CCNC(=O)C1(Cc2ccccc2-c2cccs2)CCCN(C(=O)c2cnccn2)C1. The zero-order valence-electron chi connectivity index (χ0n) is 17.6. The third-order valence-corrected chi connectivity index (χ3v) is 6.70. The Morgan fingerprint density at radius 3 is 2.81 bits per heavy atom. The van der Waals surface area contributed by atoms with E-state index < -0.39 is 5.41 Å². The number of amides is 2. The lowest BCUT2D eigenvalue weighted by Gasteiger charge is -2.42. The van der Waals surface area contributed by atoms with Gasteiger partial charge >= 0.3 is 0 Å². The van der Waals surface area contributed by atoms with Crippen LogP contribution in [0, 0.1) is 5.41 Å². The highest BCUT2D eigenvalue weighted by atomic mass is 32.1. The maximum absolute atomic E-state index is 13.4. The number of nitrogens with one attached hydrogen (secondary N) is 1. The van der Waals surface area contributed by atoms with Gasteiger partial charge in [0.15, 0.2) is 0 Å². The lowest BCUT2D eigenvalue weighted by Crippen LogP contribution is -2.54. The number of thiophene rings is 1. The first-order valence-corrected chi connectivity index (χ1v) is 11.5. The van der Waals surface area contributed by atoms with Crippen molar-refractivity contribution >= 4 is 23.2 Å². The van der Waals surface area contributed by atoms with Crippen molar-refractivity contribution in [1.82, 2.24) is 20.2 Å². The Morgan fingerprint density at radius 2 is 2.06 bits per heavy atom. The van der Waals surface area contributed by atoms with Crippen LogP contribution in [-0.2, 0) is 11.2 Å². The molecule has 1 saturated heterocycles.